The minimum Gasteiger partial charge on any atom is -0.309 e. The van der Waals surface area contributed by atoms with Crippen LogP contribution in [0, 0.1) is 0 Å². The van der Waals surface area contributed by atoms with Crippen molar-refractivity contribution in [1.29, 1.82) is 0 Å². The largest absolute Gasteiger partial charge is 0.309 e. The maximum Gasteiger partial charge on any atom is 0.160 e. The van der Waals surface area contributed by atoms with E-state index >= 15 is 0 Å². The van der Waals surface area contributed by atoms with Gasteiger partial charge in [-0.05, 0) is 71.8 Å². The Morgan fingerprint density at radius 1 is 0.268 bits per heavy atom. The fraction of sp³-hybridized carbons (Fsp3) is 0. The van der Waals surface area contributed by atoms with Gasteiger partial charge in [-0.15, -0.1) is 0 Å². The van der Waals surface area contributed by atoms with Crippen molar-refractivity contribution in [1.82, 2.24) is 19.1 Å². The molecule has 3 heterocycles. The van der Waals surface area contributed by atoms with Gasteiger partial charge in [-0.2, -0.15) is 0 Å². The molecule has 11 rings (SSSR count). The molecule has 8 aromatic carbocycles. The summed E-state index contributed by atoms with van der Waals surface area (Å²) in [4.78, 5) is 10.2. The van der Waals surface area contributed by atoms with Gasteiger partial charge in [0.1, 0.15) is 0 Å². The fourth-order valence-electron chi connectivity index (χ4n) is 8.31. The van der Waals surface area contributed by atoms with Crippen LogP contribution in [0.3, 0.4) is 0 Å². The summed E-state index contributed by atoms with van der Waals surface area (Å²) < 4.78 is 4.76. The van der Waals surface area contributed by atoms with Gasteiger partial charge in [-0.1, -0.05) is 146 Å². The number of benzene rings is 8. The van der Waals surface area contributed by atoms with Gasteiger partial charge in [0, 0.05) is 49.6 Å². The first-order valence-corrected chi connectivity index (χ1v) is 19.0. The summed E-state index contributed by atoms with van der Waals surface area (Å²) >= 11 is 0. The van der Waals surface area contributed by atoms with Crippen molar-refractivity contribution in [3.8, 4) is 56.4 Å². The van der Waals surface area contributed by atoms with E-state index in [1.165, 1.54) is 43.7 Å². The van der Waals surface area contributed by atoms with E-state index < -0.39 is 0 Å². The number of rotatable bonds is 6. The van der Waals surface area contributed by atoms with Crippen LogP contribution in [0.2, 0.25) is 0 Å². The van der Waals surface area contributed by atoms with Crippen molar-refractivity contribution < 1.29 is 0 Å². The highest BCUT2D eigenvalue weighted by molar-refractivity contribution is 6.12. The topological polar surface area (TPSA) is 35.6 Å². The summed E-state index contributed by atoms with van der Waals surface area (Å²) in [6.07, 6.45) is 0. The van der Waals surface area contributed by atoms with Crippen molar-refractivity contribution in [2.24, 2.45) is 0 Å². The predicted octanol–water partition coefficient (Wildman–Crippen LogP) is 13.3. The highest BCUT2D eigenvalue weighted by Crippen LogP contribution is 2.39. The van der Waals surface area contributed by atoms with E-state index in [1.54, 1.807) is 0 Å². The van der Waals surface area contributed by atoms with Crippen LogP contribution in [0.15, 0.2) is 206 Å². The summed E-state index contributed by atoms with van der Waals surface area (Å²) in [7, 11) is 0. The van der Waals surface area contributed by atoms with Crippen LogP contribution < -0.4 is 0 Å². The van der Waals surface area contributed by atoms with Gasteiger partial charge in [-0.25, -0.2) is 9.97 Å². The molecule has 0 saturated heterocycles. The quantitative estimate of drug-likeness (QED) is 0.172. The molecule has 0 atom stereocenters. The SMILES string of the molecule is c1ccc(-c2cc(-c3cccc(-n4c5ccccc5c5ccc(-c6ccc7c(c6)c6ccccc6n7-c6ccccc6)cc54)c3)nc(-c3ccccc3)n2)cc1. The van der Waals surface area contributed by atoms with E-state index in [0.717, 1.165) is 50.5 Å². The Kier molecular flexibility index (Phi) is 7.46. The Labute approximate surface area is 324 Å². The smallest absolute Gasteiger partial charge is 0.160 e. The molecule has 0 aliphatic carbocycles. The molecule has 0 fully saturated rings. The van der Waals surface area contributed by atoms with Gasteiger partial charge in [-0.3, -0.25) is 0 Å². The molecule has 0 spiro atoms. The highest BCUT2D eigenvalue weighted by atomic mass is 15.0. The third-order valence-corrected chi connectivity index (χ3v) is 10.9. The molecule has 262 valence electrons. The van der Waals surface area contributed by atoms with Crippen LogP contribution in [0.4, 0.5) is 0 Å². The van der Waals surface area contributed by atoms with E-state index in [0.29, 0.717) is 5.82 Å². The molecular formula is C52H34N4. The summed E-state index contributed by atoms with van der Waals surface area (Å²) in [6.45, 7) is 0. The Balaban J connectivity index is 1.08. The zero-order valence-corrected chi connectivity index (χ0v) is 30.4. The molecule has 56 heavy (non-hydrogen) atoms. The van der Waals surface area contributed by atoms with Gasteiger partial charge in [0.15, 0.2) is 5.82 Å². The molecule has 0 aliphatic rings. The van der Waals surface area contributed by atoms with Gasteiger partial charge in [0.05, 0.1) is 33.5 Å². The lowest BCUT2D eigenvalue weighted by Gasteiger charge is -2.13. The van der Waals surface area contributed by atoms with E-state index in [1.807, 2.05) is 24.3 Å². The van der Waals surface area contributed by atoms with Gasteiger partial charge in [0.25, 0.3) is 0 Å². The highest BCUT2D eigenvalue weighted by Gasteiger charge is 2.17. The monoisotopic (exact) mass is 714 g/mol. The number of fused-ring (bicyclic) bond motifs is 6. The maximum atomic E-state index is 5.15. The van der Waals surface area contributed by atoms with Crippen molar-refractivity contribution in [3.05, 3.63) is 206 Å². The number of para-hydroxylation sites is 3. The summed E-state index contributed by atoms with van der Waals surface area (Å²) in [5.74, 6) is 0.706. The van der Waals surface area contributed by atoms with E-state index in [2.05, 4.69) is 191 Å². The zero-order valence-electron chi connectivity index (χ0n) is 30.4. The van der Waals surface area contributed by atoms with Crippen molar-refractivity contribution >= 4 is 43.6 Å². The summed E-state index contributed by atoms with van der Waals surface area (Å²) in [5.41, 5.74) is 14.2. The van der Waals surface area contributed by atoms with Crippen LogP contribution in [-0.2, 0) is 0 Å². The number of nitrogens with zero attached hydrogens (tertiary/aromatic N) is 4. The Morgan fingerprint density at radius 2 is 0.768 bits per heavy atom. The molecular weight excluding hydrogens is 681 g/mol. The zero-order chi connectivity index (χ0) is 37.0. The number of hydrogen-bond donors (Lipinski definition) is 0. The maximum absolute atomic E-state index is 5.15. The van der Waals surface area contributed by atoms with E-state index in [-0.39, 0.29) is 0 Å². The average molecular weight is 715 g/mol. The van der Waals surface area contributed by atoms with Crippen LogP contribution in [0.25, 0.3) is 100 Å². The normalized spacial score (nSPS) is 11.6. The Morgan fingerprint density at radius 3 is 1.50 bits per heavy atom. The predicted molar refractivity (Wildman–Crippen MR) is 232 cm³/mol. The molecule has 4 nitrogen and oxygen atoms in total. The van der Waals surface area contributed by atoms with Crippen LogP contribution >= 0.6 is 0 Å². The third-order valence-electron chi connectivity index (χ3n) is 10.9. The van der Waals surface area contributed by atoms with E-state index in [4.69, 9.17) is 9.97 Å². The molecule has 0 bridgehead atoms. The van der Waals surface area contributed by atoms with Crippen LogP contribution in [0.5, 0.6) is 0 Å². The van der Waals surface area contributed by atoms with Crippen molar-refractivity contribution in [2.45, 2.75) is 0 Å². The van der Waals surface area contributed by atoms with E-state index in [9.17, 15) is 0 Å². The first kappa shape index (κ1) is 31.9. The molecule has 0 radical (unpaired) electrons. The second kappa shape index (κ2) is 13.1. The second-order valence-electron chi connectivity index (χ2n) is 14.2. The summed E-state index contributed by atoms with van der Waals surface area (Å²) in [5, 5.41) is 4.93. The van der Waals surface area contributed by atoms with Crippen molar-refractivity contribution in [3.63, 3.8) is 0 Å². The molecule has 11 aromatic rings. The fourth-order valence-corrected chi connectivity index (χ4v) is 8.31. The molecule has 0 aliphatic heterocycles. The Bertz CT molecular complexity index is 3170. The van der Waals surface area contributed by atoms with Crippen LogP contribution in [-0.4, -0.2) is 19.1 Å². The molecule has 0 saturated carbocycles. The van der Waals surface area contributed by atoms with Gasteiger partial charge >= 0.3 is 0 Å². The standard InChI is InChI=1S/C52H34N4/c1-4-15-35(16-5-1)46-34-47(54-52(53-46)36-17-6-2-7-18-36)39-19-14-22-41(31-39)56-48-25-12-10-23-42(48)44-29-27-38(33-51(44)56)37-28-30-50-45(32-37)43-24-11-13-26-49(43)55(50)40-20-8-3-9-21-40/h1-34H. The lowest BCUT2D eigenvalue weighted by Crippen LogP contribution is -1.98. The van der Waals surface area contributed by atoms with Gasteiger partial charge in [0.2, 0.25) is 0 Å². The lowest BCUT2D eigenvalue weighted by molar-refractivity contribution is 1.16. The number of hydrogen-bond acceptors (Lipinski definition) is 2. The van der Waals surface area contributed by atoms with Crippen LogP contribution in [0.1, 0.15) is 0 Å². The molecule has 4 heteroatoms. The molecule has 0 unspecified atom stereocenters. The first-order valence-electron chi connectivity index (χ1n) is 19.0. The van der Waals surface area contributed by atoms with Gasteiger partial charge < -0.3 is 9.13 Å². The minimum atomic E-state index is 0.706. The first-order chi connectivity index (χ1) is 27.8. The Hall–Kier alpha value is -7.56. The molecule has 0 amide bonds. The third kappa shape index (κ3) is 5.31. The molecule has 3 aromatic heterocycles. The minimum absolute atomic E-state index is 0.706. The lowest BCUT2D eigenvalue weighted by atomic mass is 10.0. The number of aromatic nitrogens is 4. The average Bonchev–Trinajstić information content (AvgIpc) is 3.79. The van der Waals surface area contributed by atoms with Crippen molar-refractivity contribution in [2.75, 3.05) is 0 Å². The second-order valence-corrected chi connectivity index (χ2v) is 14.2. The molecule has 0 N–H and O–H groups in total. The summed E-state index contributed by atoms with van der Waals surface area (Å²) in [6, 6.07) is 73.3.